The molecule has 3 rings (SSSR count). The van der Waals surface area contributed by atoms with Crippen molar-refractivity contribution >= 4 is 34.7 Å². The first kappa shape index (κ1) is 23.1. The number of halogens is 1. The number of hydrogen-bond acceptors (Lipinski definition) is 3. The van der Waals surface area contributed by atoms with E-state index in [0.29, 0.717) is 29.4 Å². The number of likely N-dealkylation sites (N-methyl/N-ethyl adjacent to an activating group) is 1. The smallest absolute Gasteiger partial charge is 0.278 e. The molecule has 0 unspecified atom stereocenters. The van der Waals surface area contributed by atoms with Crippen LogP contribution in [0, 0.1) is 0 Å². The predicted octanol–water partition coefficient (Wildman–Crippen LogP) is 6.31. The van der Waals surface area contributed by atoms with Gasteiger partial charge in [-0.1, -0.05) is 81.0 Å². The number of hydrogen-bond donors (Lipinski definition) is 0. The summed E-state index contributed by atoms with van der Waals surface area (Å²) in [6.45, 7) is 5.23. The number of carbonyl (C=O) groups excluding carboxylic acids is 2. The monoisotopic (exact) mass is 438 g/mol. The standard InChI is InChI=1S/C26H31ClN2O2/c1-3-5-6-7-8-12-19-29-25(30)23(20-15-17-21(27)18-16-20)24(26(29)31)28(4-2)22-13-10-9-11-14-22/h9-11,13-18H,3-8,12,19H2,1-2H3. The van der Waals surface area contributed by atoms with Crippen molar-refractivity contribution in [3.8, 4) is 0 Å². The molecule has 0 aliphatic carbocycles. The molecule has 5 heteroatoms. The van der Waals surface area contributed by atoms with Gasteiger partial charge in [0.05, 0.1) is 5.57 Å². The number of imide groups is 1. The van der Waals surface area contributed by atoms with E-state index in [0.717, 1.165) is 30.5 Å². The van der Waals surface area contributed by atoms with E-state index in [4.69, 9.17) is 11.6 Å². The fourth-order valence-electron chi connectivity index (χ4n) is 4.02. The van der Waals surface area contributed by atoms with Gasteiger partial charge in [0, 0.05) is 23.8 Å². The number of unbranched alkanes of at least 4 members (excludes halogenated alkanes) is 5. The summed E-state index contributed by atoms with van der Waals surface area (Å²) in [5, 5.41) is 0.599. The molecule has 0 N–H and O–H groups in total. The zero-order valence-corrected chi connectivity index (χ0v) is 19.2. The summed E-state index contributed by atoms with van der Waals surface area (Å²) in [6, 6.07) is 16.9. The van der Waals surface area contributed by atoms with Crippen LogP contribution in [0.4, 0.5) is 5.69 Å². The second-order valence-corrected chi connectivity index (χ2v) is 8.28. The Labute approximate surface area is 190 Å². The number of amides is 2. The molecule has 0 saturated heterocycles. The highest BCUT2D eigenvalue weighted by Gasteiger charge is 2.41. The van der Waals surface area contributed by atoms with Gasteiger partial charge in [-0.25, -0.2) is 0 Å². The van der Waals surface area contributed by atoms with Gasteiger partial charge < -0.3 is 4.90 Å². The molecule has 0 atom stereocenters. The fourth-order valence-corrected chi connectivity index (χ4v) is 4.15. The second kappa shape index (κ2) is 11.1. The fraction of sp³-hybridized carbons (Fsp3) is 0.385. The quantitative estimate of drug-likeness (QED) is 0.305. The third-order valence-electron chi connectivity index (χ3n) is 5.67. The maximum atomic E-state index is 13.5. The lowest BCUT2D eigenvalue weighted by atomic mass is 10.0. The summed E-state index contributed by atoms with van der Waals surface area (Å²) in [5.74, 6) is -0.431. The Bertz CT molecular complexity index is 922. The van der Waals surface area contributed by atoms with Crippen molar-refractivity contribution in [3.05, 3.63) is 70.9 Å². The van der Waals surface area contributed by atoms with Crippen LogP contribution in [0.15, 0.2) is 60.3 Å². The molecule has 0 saturated carbocycles. The van der Waals surface area contributed by atoms with E-state index in [2.05, 4.69) is 6.92 Å². The SMILES string of the molecule is CCCCCCCCN1C(=O)C(c2ccc(Cl)cc2)=C(N(CC)c2ccccc2)C1=O. The Morgan fingerprint density at radius 1 is 0.806 bits per heavy atom. The minimum atomic E-state index is -0.217. The van der Waals surface area contributed by atoms with Crippen molar-refractivity contribution in [3.63, 3.8) is 0 Å². The molecule has 31 heavy (non-hydrogen) atoms. The van der Waals surface area contributed by atoms with Gasteiger partial charge in [0.25, 0.3) is 11.8 Å². The highest BCUT2D eigenvalue weighted by molar-refractivity contribution is 6.37. The summed E-state index contributed by atoms with van der Waals surface area (Å²) in [4.78, 5) is 30.3. The average molecular weight is 439 g/mol. The van der Waals surface area contributed by atoms with Crippen LogP contribution in [-0.2, 0) is 9.59 Å². The Hall–Kier alpha value is -2.59. The first-order chi connectivity index (χ1) is 15.1. The molecule has 2 aromatic rings. The van der Waals surface area contributed by atoms with E-state index < -0.39 is 0 Å². The van der Waals surface area contributed by atoms with Gasteiger partial charge in [-0.3, -0.25) is 14.5 Å². The zero-order chi connectivity index (χ0) is 22.2. The van der Waals surface area contributed by atoms with Crippen molar-refractivity contribution in [2.24, 2.45) is 0 Å². The summed E-state index contributed by atoms with van der Waals surface area (Å²) in [6.07, 6.45) is 6.64. The molecule has 1 aliphatic heterocycles. The van der Waals surface area contributed by atoms with E-state index in [1.54, 1.807) is 12.1 Å². The van der Waals surface area contributed by atoms with Crippen molar-refractivity contribution in [1.82, 2.24) is 4.90 Å². The first-order valence-corrected chi connectivity index (χ1v) is 11.6. The minimum absolute atomic E-state index is 0.214. The second-order valence-electron chi connectivity index (χ2n) is 7.84. The molecular formula is C26H31ClN2O2. The molecule has 1 aliphatic rings. The van der Waals surface area contributed by atoms with Gasteiger partial charge >= 0.3 is 0 Å². The molecule has 2 amide bonds. The predicted molar refractivity (Wildman–Crippen MR) is 128 cm³/mol. The molecule has 0 aromatic heterocycles. The number of rotatable bonds is 11. The third kappa shape index (κ3) is 5.37. The summed E-state index contributed by atoms with van der Waals surface area (Å²) in [5.41, 5.74) is 2.52. The van der Waals surface area contributed by atoms with E-state index in [-0.39, 0.29) is 11.8 Å². The Morgan fingerprint density at radius 3 is 2.10 bits per heavy atom. The number of nitrogens with zero attached hydrogens (tertiary/aromatic N) is 2. The zero-order valence-electron chi connectivity index (χ0n) is 18.4. The number of benzene rings is 2. The average Bonchev–Trinajstić information content (AvgIpc) is 3.03. The van der Waals surface area contributed by atoms with Crippen molar-refractivity contribution in [2.45, 2.75) is 52.4 Å². The van der Waals surface area contributed by atoms with Crippen molar-refractivity contribution < 1.29 is 9.59 Å². The van der Waals surface area contributed by atoms with Crippen molar-refractivity contribution in [2.75, 3.05) is 18.0 Å². The summed E-state index contributed by atoms with van der Waals surface area (Å²) >= 11 is 6.07. The van der Waals surface area contributed by atoms with Crippen LogP contribution in [0.2, 0.25) is 5.02 Å². The highest BCUT2D eigenvalue weighted by atomic mass is 35.5. The van der Waals surface area contributed by atoms with Gasteiger partial charge in [-0.2, -0.15) is 0 Å². The van der Waals surface area contributed by atoms with E-state index >= 15 is 0 Å². The van der Waals surface area contributed by atoms with Crippen LogP contribution in [-0.4, -0.2) is 29.8 Å². The Morgan fingerprint density at radius 2 is 1.45 bits per heavy atom. The summed E-state index contributed by atoms with van der Waals surface area (Å²) in [7, 11) is 0. The Kier molecular flexibility index (Phi) is 8.30. The maximum absolute atomic E-state index is 13.5. The highest BCUT2D eigenvalue weighted by Crippen LogP contribution is 2.34. The molecule has 164 valence electrons. The lowest BCUT2D eigenvalue weighted by Gasteiger charge is -2.25. The van der Waals surface area contributed by atoms with Crippen LogP contribution in [0.25, 0.3) is 5.57 Å². The Balaban J connectivity index is 1.91. The molecule has 4 nitrogen and oxygen atoms in total. The van der Waals surface area contributed by atoms with Crippen molar-refractivity contribution in [1.29, 1.82) is 0 Å². The van der Waals surface area contributed by atoms with Gasteiger partial charge in [-0.05, 0) is 43.2 Å². The molecular weight excluding hydrogens is 408 g/mol. The van der Waals surface area contributed by atoms with Gasteiger partial charge in [-0.15, -0.1) is 0 Å². The van der Waals surface area contributed by atoms with E-state index in [9.17, 15) is 9.59 Å². The molecule has 0 fully saturated rings. The minimum Gasteiger partial charge on any atom is -0.337 e. The third-order valence-corrected chi connectivity index (χ3v) is 5.92. The van der Waals surface area contributed by atoms with E-state index in [1.165, 1.54) is 24.2 Å². The summed E-state index contributed by atoms with van der Waals surface area (Å²) < 4.78 is 0. The lowest BCUT2D eigenvalue weighted by molar-refractivity contribution is -0.137. The van der Waals surface area contributed by atoms with Gasteiger partial charge in [0.1, 0.15) is 5.70 Å². The molecule has 1 heterocycles. The van der Waals surface area contributed by atoms with Gasteiger partial charge in [0.15, 0.2) is 0 Å². The van der Waals surface area contributed by atoms with Crippen LogP contribution in [0.5, 0.6) is 0 Å². The first-order valence-electron chi connectivity index (χ1n) is 11.3. The lowest BCUT2D eigenvalue weighted by Crippen LogP contribution is -2.36. The van der Waals surface area contributed by atoms with Crippen LogP contribution >= 0.6 is 11.6 Å². The van der Waals surface area contributed by atoms with Gasteiger partial charge in [0.2, 0.25) is 0 Å². The molecule has 0 radical (unpaired) electrons. The van der Waals surface area contributed by atoms with Crippen LogP contribution in [0.3, 0.4) is 0 Å². The topological polar surface area (TPSA) is 40.6 Å². The maximum Gasteiger partial charge on any atom is 0.278 e. The molecule has 0 spiro atoms. The number of anilines is 1. The largest absolute Gasteiger partial charge is 0.337 e. The van der Waals surface area contributed by atoms with E-state index in [1.807, 2.05) is 54.3 Å². The number of carbonyl (C=O) groups is 2. The number of para-hydroxylation sites is 1. The van der Waals surface area contributed by atoms with Crippen LogP contribution in [0.1, 0.15) is 57.9 Å². The molecule has 2 aromatic carbocycles. The van der Waals surface area contributed by atoms with Crippen LogP contribution < -0.4 is 4.90 Å². The normalized spacial score (nSPS) is 14.0. The molecule has 0 bridgehead atoms.